The van der Waals surface area contributed by atoms with Crippen LogP contribution in [0.3, 0.4) is 0 Å². The van der Waals surface area contributed by atoms with Gasteiger partial charge < -0.3 is 4.98 Å². The summed E-state index contributed by atoms with van der Waals surface area (Å²) >= 11 is 5.68. The SMILES string of the molecule is Cc1ccc(-c2cnc(CCCl)[nH]2)c(C)c1. The van der Waals surface area contributed by atoms with E-state index in [2.05, 4.69) is 42.0 Å². The molecule has 0 amide bonds. The maximum Gasteiger partial charge on any atom is 0.107 e. The molecule has 1 N–H and O–H groups in total. The molecular formula is C13H15ClN2. The predicted molar refractivity (Wildman–Crippen MR) is 67.9 cm³/mol. The number of benzene rings is 1. The zero-order valence-electron chi connectivity index (χ0n) is 9.55. The summed E-state index contributed by atoms with van der Waals surface area (Å²) in [5.74, 6) is 1.55. The minimum Gasteiger partial charge on any atom is -0.342 e. The summed E-state index contributed by atoms with van der Waals surface area (Å²) < 4.78 is 0. The van der Waals surface area contributed by atoms with Crippen LogP contribution in [0.1, 0.15) is 17.0 Å². The van der Waals surface area contributed by atoms with Gasteiger partial charge in [-0.25, -0.2) is 4.98 Å². The first-order chi connectivity index (χ1) is 7.70. The van der Waals surface area contributed by atoms with Gasteiger partial charge in [-0.3, -0.25) is 0 Å². The molecule has 0 aliphatic rings. The number of nitrogens with one attached hydrogen (secondary N) is 1. The molecule has 0 fully saturated rings. The number of aromatic nitrogens is 2. The molecule has 0 saturated heterocycles. The monoisotopic (exact) mass is 234 g/mol. The van der Waals surface area contributed by atoms with Gasteiger partial charge in [-0.15, -0.1) is 11.6 Å². The predicted octanol–water partition coefficient (Wildman–Crippen LogP) is 3.47. The highest BCUT2D eigenvalue weighted by molar-refractivity contribution is 6.17. The highest BCUT2D eigenvalue weighted by Crippen LogP contribution is 2.22. The summed E-state index contributed by atoms with van der Waals surface area (Å²) in [5, 5.41) is 0. The Kier molecular flexibility index (Phi) is 3.30. The largest absolute Gasteiger partial charge is 0.342 e. The molecule has 2 aromatic rings. The van der Waals surface area contributed by atoms with Crippen molar-refractivity contribution in [2.24, 2.45) is 0 Å². The van der Waals surface area contributed by atoms with Crippen LogP contribution in [0.5, 0.6) is 0 Å². The minimum absolute atomic E-state index is 0.597. The molecule has 0 radical (unpaired) electrons. The summed E-state index contributed by atoms with van der Waals surface area (Å²) in [6.45, 7) is 4.22. The Labute approximate surface area is 101 Å². The van der Waals surface area contributed by atoms with E-state index in [4.69, 9.17) is 11.6 Å². The summed E-state index contributed by atoms with van der Waals surface area (Å²) in [5.41, 5.74) is 4.82. The number of alkyl halides is 1. The summed E-state index contributed by atoms with van der Waals surface area (Å²) in [6, 6.07) is 6.42. The zero-order valence-corrected chi connectivity index (χ0v) is 10.3. The lowest BCUT2D eigenvalue weighted by Gasteiger charge is -2.04. The molecule has 0 aliphatic carbocycles. The Morgan fingerprint density at radius 3 is 2.81 bits per heavy atom. The van der Waals surface area contributed by atoms with E-state index in [-0.39, 0.29) is 0 Å². The van der Waals surface area contributed by atoms with Crippen molar-refractivity contribution >= 4 is 11.6 Å². The van der Waals surface area contributed by atoms with Crippen LogP contribution in [0.2, 0.25) is 0 Å². The number of hydrogen-bond donors (Lipinski definition) is 1. The molecule has 0 spiro atoms. The second-order valence-electron chi connectivity index (χ2n) is 4.00. The molecule has 0 atom stereocenters. The Morgan fingerprint density at radius 2 is 2.12 bits per heavy atom. The van der Waals surface area contributed by atoms with Gasteiger partial charge in [0.1, 0.15) is 5.82 Å². The molecule has 1 aromatic heterocycles. The molecule has 0 aliphatic heterocycles. The van der Waals surface area contributed by atoms with Crippen LogP contribution in [0.15, 0.2) is 24.4 Å². The Balaban J connectivity index is 2.35. The van der Waals surface area contributed by atoms with E-state index in [0.29, 0.717) is 5.88 Å². The normalized spacial score (nSPS) is 10.7. The lowest BCUT2D eigenvalue weighted by atomic mass is 10.0. The average molecular weight is 235 g/mol. The number of hydrogen-bond acceptors (Lipinski definition) is 1. The van der Waals surface area contributed by atoms with E-state index in [9.17, 15) is 0 Å². The molecule has 3 heteroatoms. The quantitative estimate of drug-likeness (QED) is 0.810. The van der Waals surface area contributed by atoms with Crippen LogP contribution in [-0.4, -0.2) is 15.8 Å². The molecular weight excluding hydrogens is 220 g/mol. The van der Waals surface area contributed by atoms with Crippen LogP contribution >= 0.6 is 11.6 Å². The van der Waals surface area contributed by atoms with Gasteiger partial charge in [0.05, 0.1) is 11.9 Å². The molecule has 2 rings (SSSR count). The fourth-order valence-corrected chi connectivity index (χ4v) is 2.01. The molecule has 16 heavy (non-hydrogen) atoms. The van der Waals surface area contributed by atoms with E-state index < -0.39 is 0 Å². The number of aromatic amines is 1. The van der Waals surface area contributed by atoms with Crippen LogP contribution in [0, 0.1) is 13.8 Å². The summed E-state index contributed by atoms with van der Waals surface area (Å²) in [7, 11) is 0. The van der Waals surface area contributed by atoms with Crippen molar-refractivity contribution in [3.05, 3.63) is 41.3 Å². The van der Waals surface area contributed by atoms with Gasteiger partial charge in [0.25, 0.3) is 0 Å². The Bertz CT molecular complexity index is 488. The van der Waals surface area contributed by atoms with Crippen molar-refractivity contribution < 1.29 is 0 Å². The fourth-order valence-electron chi connectivity index (χ4n) is 1.83. The van der Waals surface area contributed by atoms with E-state index in [1.54, 1.807) is 0 Å². The number of H-pyrrole nitrogens is 1. The Morgan fingerprint density at radius 1 is 1.31 bits per heavy atom. The Hall–Kier alpha value is -1.28. The smallest absolute Gasteiger partial charge is 0.107 e. The minimum atomic E-state index is 0.597. The van der Waals surface area contributed by atoms with E-state index in [1.165, 1.54) is 16.7 Å². The fraction of sp³-hybridized carbons (Fsp3) is 0.308. The van der Waals surface area contributed by atoms with Gasteiger partial charge in [-0.05, 0) is 19.4 Å². The first-order valence-electron chi connectivity index (χ1n) is 5.38. The number of aryl methyl sites for hydroxylation is 3. The third-order valence-electron chi connectivity index (χ3n) is 2.63. The van der Waals surface area contributed by atoms with Crippen molar-refractivity contribution in [3.63, 3.8) is 0 Å². The van der Waals surface area contributed by atoms with Gasteiger partial charge in [-0.1, -0.05) is 23.8 Å². The standard InChI is InChI=1S/C13H15ClN2/c1-9-3-4-11(10(2)7-9)12-8-15-13(16-12)5-6-14/h3-4,7-8H,5-6H2,1-2H3,(H,15,16). The van der Waals surface area contributed by atoms with Crippen LogP contribution in [0.4, 0.5) is 0 Å². The third kappa shape index (κ3) is 2.27. The molecule has 2 nitrogen and oxygen atoms in total. The maximum atomic E-state index is 5.68. The number of rotatable bonds is 3. The van der Waals surface area contributed by atoms with Crippen molar-refractivity contribution in [2.75, 3.05) is 5.88 Å². The first kappa shape index (κ1) is 11.2. The molecule has 84 valence electrons. The highest BCUT2D eigenvalue weighted by Gasteiger charge is 2.05. The number of halogens is 1. The third-order valence-corrected chi connectivity index (χ3v) is 2.82. The molecule has 0 unspecified atom stereocenters. The van der Waals surface area contributed by atoms with Crippen molar-refractivity contribution in [3.8, 4) is 11.3 Å². The maximum absolute atomic E-state index is 5.68. The lowest BCUT2D eigenvalue weighted by molar-refractivity contribution is 0.996. The van der Waals surface area contributed by atoms with Crippen LogP contribution in [-0.2, 0) is 6.42 Å². The van der Waals surface area contributed by atoms with Crippen molar-refractivity contribution in [1.29, 1.82) is 0 Å². The van der Waals surface area contributed by atoms with E-state index in [0.717, 1.165) is 17.9 Å². The zero-order chi connectivity index (χ0) is 11.5. The molecule has 0 saturated carbocycles. The molecule has 1 aromatic carbocycles. The van der Waals surface area contributed by atoms with Crippen molar-refractivity contribution in [2.45, 2.75) is 20.3 Å². The topological polar surface area (TPSA) is 28.7 Å². The highest BCUT2D eigenvalue weighted by atomic mass is 35.5. The lowest BCUT2D eigenvalue weighted by Crippen LogP contribution is -1.89. The van der Waals surface area contributed by atoms with Gasteiger partial charge in [-0.2, -0.15) is 0 Å². The first-order valence-corrected chi connectivity index (χ1v) is 5.91. The number of imidazole rings is 1. The summed E-state index contributed by atoms with van der Waals surface area (Å²) in [4.78, 5) is 7.60. The summed E-state index contributed by atoms with van der Waals surface area (Å²) in [6.07, 6.45) is 2.66. The van der Waals surface area contributed by atoms with Crippen molar-refractivity contribution in [1.82, 2.24) is 9.97 Å². The van der Waals surface area contributed by atoms with Gasteiger partial charge >= 0.3 is 0 Å². The average Bonchev–Trinajstić information content (AvgIpc) is 2.67. The van der Waals surface area contributed by atoms with Gasteiger partial charge in [0, 0.05) is 17.9 Å². The van der Waals surface area contributed by atoms with Crippen LogP contribution in [0.25, 0.3) is 11.3 Å². The van der Waals surface area contributed by atoms with E-state index in [1.807, 2.05) is 6.20 Å². The molecule has 0 bridgehead atoms. The second-order valence-corrected chi connectivity index (χ2v) is 4.38. The van der Waals surface area contributed by atoms with E-state index >= 15 is 0 Å². The molecule has 1 heterocycles. The van der Waals surface area contributed by atoms with Gasteiger partial charge in [0.15, 0.2) is 0 Å². The van der Waals surface area contributed by atoms with Crippen LogP contribution < -0.4 is 0 Å². The van der Waals surface area contributed by atoms with Gasteiger partial charge in [0.2, 0.25) is 0 Å². The second kappa shape index (κ2) is 4.71. The number of nitrogens with zero attached hydrogens (tertiary/aromatic N) is 1.